The van der Waals surface area contributed by atoms with Gasteiger partial charge in [-0.1, -0.05) is 29.3 Å². The molecule has 0 bridgehead atoms. The lowest BCUT2D eigenvalue weighted by Gasteiger charge is -2.07. The minimum absolute atomic E-state index is 0.0889. The smallest absolute Gasteiger partial charge is 0.354 e. The molecule has 1 aromatic heterocycles. The van der Waals surface area contributed by atoms with E-state index in [-0.39, 0.29) is 27.0 Å². The Morgan fingerprint density at radius 1 is 1.30 bits per heavy atom. The number of nitrogens with one attached hydrogen (secondary N) is 2. The molecular weight excluding hydrogens is 303 g/mol. The number of hydrogen-bond donors (Lipinski definition) is 3. The molecule has 0 spiro atoms. The van der Waals surface area contributed by atoms with Crippen molar-refractivity contribution in [3.8, 4) is 0 Å². The molecule has 20 heavy (non-hydrogen) atoms. The molecule has 0 aliphatic rings. The summed E-state index contributed by atoms with van der Waals surface area (Å²) >= 11 is 11.8. The van der Waals surface area contributed by atoms with Gasteiger partial charge in [0.15, 0.2) is 0 Å². The van der Waals surface area contributed by atoms with Crippen molar-refractivity contribution in [1.82, 2.24) is 4.98 Å². The van der Waals surface area contributed by atoms with Crippen LogP contribution in [0.3, 0.4) is 0 Å². The van der Waals surface area contributed by atoms with Crippen molar-refractivity contribution in [2.45, 2.75) is 6.92 Å². The van der Waals surface area contributed by atoms with Gasteiger partial charge in [-0.3, -0.25) is 4.79 Å². The minimum atomic E-state index is -1.16. The zero-order valence-corrected chi connectivity index (χ0v) is 11.8. The molecule has 1 aromatic carbocycles. The Kier molecular flexibility index (Phi) is 4.01. The van der Waals surface area contributed by atoms with E-state index in [1.807, 2.05) is 0 Å². The van der Waals surface area contributed by atoms with E-state index < -0.39 is 11.9 Å². The largest absolute Gasteiger partial charge is 0.477 e. The van der Waals surface area contributed by atoms with Gasteiger partial charge in [0.25, 0.3) is 5.91 Å². The van der Waals surface area contributed by atoms with Crippen molar-refractivity contribution in [3.05, 3.63) is 51.3 Å². The fourth-order valence-electron chi connectivity index (χ4n) is 1.73. The lowest BCUT2D eigenvalue weighted by Crippen LogP contribution is -2.14. The summed E-state index contributed by atoms with van der Waals surface area (Å²) in [6.45, 7) is 1.69. The highest BCUT2D eigenvalue weighted by Crippen LogP contribution is 2.27. The number of carbonyl (C=O) groups excluding carboxylic acids is 1. The van der Waals surface area contributed by atoms with Gasteiger partial charge >= 0.3 is 5.97 Å². The number of anilines is 1. The van der Waals surface area contributed by atoms with Crippen LogP contribution in [0.4, 0.5) is 5.69 Å². The van der Waals surface area contributed by atoms with E-state index in [2.05, 4.69) is 10.3 Å². The third kappa shape index (κ3) is 2.79. The van der Waals surface area contributed by atoms with Gasteiger partial charge < -0.3 is 15.4 Å². The summed E-state index contributed by atoms with van der Waals surface area (Å²) in [4.78, 5) is 25.8. The number of aromatic nitrogens is 1. The van der Waals surface area contributed by atoms with Gasteiger partial charge in [-0.25, -0.2) is 4.79 Å². The van der Waals surface area contributed by atoms with Crippen molar-refractivity contribution >= 4 is 40.8 Å². The van der Waals surface area contributed by atoms with Gasteiger partial charge in [-0.05, 0) is 25.1 Å². The number of amides is 1. The number of aromatic amines is 1. The molecule has 1 heterocycles. The normalized spacial score (nSPS) is 10.3. The number of aromatic carboxylic acids is 1. The van der Waals surface area contributed by atoms with E-state index in [0.29, 0.717) is 5.69 Å². The number of halogens is 2. The molecule has 3 N–H and O–H groups in total. The molecule has 0 saturated carbocycles. The van der Waals surface area contributed by atoms with Gasteiger partial charge in [0.05, 0.1) is 21.3 Å². The standard InChI is InChI=1S/C13H10Cl2N2O3/c1-6-5-9(11(16-6)13(19)20)17-12(18)7-3-2-4-8(14)10(7)15/h2-5,16H,1H3,(H,17,18)(H,19,20). The first-order valence-electron chi connectivity index (χ1n) is 5.58. The Bertz CT molecular complexity index is 695. The Balaban J connectivity index is 2.33. The Morgan fingerprint density at radius 2 is 2.00 bits per heavy atom. The van der Waals surface area contributed by atoms with Gasteiger partial charge in [0.2, 0.25) is 0 Å². The summed E-state index contributed by atoms with van der Waals surface area (Å²) < 4.78 is 0. The first kappa shape index (κ1) is 14.4. The van der Waals surface area contributed by atoms with Gasteiger partial charge in [0, 0.05) is 5.69 Å². The van der Waals surface area contributed by atoms with Crippen LogP contribution in [0.1, 0.15) is 26.5 Å². The topological polar surface area (TPSA) is 82.2 Å². The zero-order chi connectivity index (χ0) is 14.9. The van der Waals surface area contributed by atoms with Crippen molar-refractivity contribution in [2.75, 3.05) is 5.32 Å². The number of H-pyrrole nitrogens is 1. The molecule has 0 atom stereocenters. The second-order valence-corrected chi connectivity index (χ2v) is 4.89. The van der Waals surface area contributed by atoms with Crippen LogP contribution in [-0.2, 0) is 0 Å². The summed E-state index contributed by atoms with van der Waals surface area (Å²) in [6.07, 6.45) is 0. The molecule has 0 unspecified atom stereocenters. The fraction of sp³-hybridized carbons (Fsp3) is 0.0769. The molecule has 0 radical (unpaired) electrons. The van der Waals surface area contributed by atoms with Gasteiger partial charge in [0.1, 0.15) is 5.69 Å². The Morgan fingerprint density at radius 3 is 2.65 bits per heavy atom. The second-order valence-electron chi connectivity index (χ2n) is 4.10. The summed E-state index contributed by atoms with van der Waals surface area (Å²) in [5, 5.41) is 11.9. The van der Waals surface area contributed by atoms with E-state index >= 15 is 0 Å². The molecule has 0 saturated heterocycles. The second kappa shape index (κ2) is 5.56. The van der Waals surface area contributed by atoms with Gasteiger partial charge in [-0.2, -0.15) is 0 Å². The third-order valence-corrected chi connectivity index (χ3v) is 3.43. The fourth-order valence-corrected chi connectivity index (χ4v) is 2.11. The highest BCUT2D eigenvalue weighted by atomic mass is 35.5. The van der Waals surface area contributed by atoms with E-state index in [9.17, 15) is 9.59 Å². The van der Waals surface area contributed by atoms with Crippen LogP contribution < -0.4 is 5.32 Å². The number of benzene rings is 1. The lowest BCUT2D eigenvalue weighted by molar-refractivity contribution is 0.0692. The summed E-state index contributed by atoms with van der Waals surface area (Å²) in [5.41, 5.74) is 0.884. The number of rotatable bonds is 3. The minimum Gasteiger partial charge on any atom is -0.477 e. The molecule has 0 fully saturated rings. The predicted octanol–water partition coefficient (Wildman–Crippen LogP) is 3.58. The maximum absolute atomic E-state index is 12.1. The predicted molar refractivity (Wildman–Crippen MR) is 76.9 cm³/mol. The molecular formula is C13H10Cl2N2O3. The zero-order valence-electron chi connectivity index (χ0n) is 10.3. The summed E-state index contributed by atoms with van der Waals surface area (Å²) in [6, 6.07) is 6.18. The molecule has 104 valence electrons. The Labute approximate surface area is 124 Å². The van der Waals surface area contributed by atoms with Crippen molar-refractivity contribution < 1.29 is 14.7 Å². The number of carboxylic acid groups (broad SMARTS) is 1. The van der Waals surface area contributed by atoms with Gasteiger partial charge in [-0.15, -0.1) is 0 Å². The molecule has 5 nitrogen and oxygen atoms in total. The number of carbonyl (C=O) groups is 2. The number of carboxylic acids is 1. The van der Waals surface area contributed by atoms with E-state index in [4.69, 9.17) is 28.3 Å². The highest BCUT2D eigenvalue weighted by Gasteiger charge is 2.18. The highest BCUT2D eigenvalue weighted by molar-refractivity contribution is 6.44. The monoisotopic (exact) mass is 312 g/mol. The van der Waals surface area contributed by atoms with Crippen molar-refractivity contribution in [3.63, 3.8) is 0 Å². The van der Waals surface area contributed by atoms with Crippen LogP contribution in [0, 0.1) is 6.92 Å². The third-order valence-electron chi connectivity index (χ3n) is 2.61. The Hall–Kier alpha value is -1.98. The average Bonchev–Trinajstić information content (AvgIpc) is 2.73. The van der Waals surface area contributed by atoms with Crippen LogP contribution in [0.5, 0.6) is 0 Å². The molecule has 1 amide bonds. The van der Waals surface area contributed by atoms with Crippen LogP contribution in [0.25, 0.3) is 0 Å². The maximum Gasteiger partial charge on any atom is 0.354 e. The summed E-state index contributed by atoms with van der Waals surface area (Å²) in [5.74, 6) is -1.69. The van der Waals surface area contributed by atoms with Crippen LogP contribution in [0.15, 0.2) is 24.3 Å². The molecule has 2 rings (SSSR count). The van der Waals surface area contributed by atoms with E-state index in [1.165, 1.54) is 12.1 Å². The lowest BCUT2D eigenvalue weighted by atomic mass is 10.2. The molecule has 0 aliphatic heterocycles. The van der Waals surface area contributed by atoms with E-state index in [0.717, 1.165) is 0 Å². The number of aryl methyl sites for hydroxylation is 1. The first-order chi connectivity index (χ1) is 9.40. The molecule has 0 aliphatic carbocycles. The quantitative estimate of drug-likeness (QED) is 0.810. The SMILES string of the molecule is Cc1cc(NC(=O)c2cccc(Cl)c2Cl)c(C(=O)O)[nH]1. The van der Waals surface area contributed by atoms with Crippen LogP contribution >= 0.6 is 23.2 Å². The number of hydrogen-bond acceptors (Lipinski definition) is 2. The molecule has 7 heteroatoms. The maximum atomic E-state index is 12.1. The van der Waals surface area contributed by atoms with Crippen molar-refractivity contribution in [2.24, 2.45) is 0 Å². The van der Waals surface area contributed by atoms with E-state index in [1.54, 1.807) is 19.1 Å². The first-order valence-corrected chi connectivity index (χ1v) is 6.34. The van der Waals surface area contributed by atoms with Crippen LogP contribution in [0.2, 0.25) is 10.0 Å². The van der Waals surface area contributed by atoms with Crippen LogP contribution in [-0.4, -0.2) is 22.0 Å². The summed E-state index contributed by atoms with van der Waals surface area (Å²) in [7, 11) is 0. The van der Waals surface area contributed by atoms with Crippen molar-refractivity contribution in [1.29, 1.82) is 0 Å². The average molecular weight is 313 g/mol. The molecule has 2 aromatic rings.